The van der Waals surface area contributed by atoms with Gasteiger partial charge < -0.3 is 0 Å². The second-order valence-electron chi connectivity index (χ2n) is 12.9. The van der Waals surface area contributed by atoms with E-state index >= 15 is 0 Å². The van der Waals surface area contributed by atoms with Crippen LogP contribution in [-0.2, 0) is 6.54 Å². The summed E-state index contributed by atoms with van der Waals surface area (Å²) in [6.07, 6.45) is 18.1. The zero-order chi connectivity index (χ0) is 27.9. The van der Waals surface area contributed by atoms with Crippen LogP contribution in [0.2, 0.25) is 0 Å². The standard InChI is InChI=1S/C40H41N2/c1-5-13-29(14-6-1)33-21-22-34-28-41-23-24-42(40(41)38(34)25-33)39-36(31-17-9-3-10-18-31)26-35(30-15-7-2-8-16-30)27-37(39)32-19-11-4-12-20-32/h1-2,5-8,13-16,21-27,31-32H,3-4,9-12,17-20,28H2/q+1. The molecule has 3 aliphatic rings. The molecule has 8 rings (SSSR count). The number of hydrogen-bond donors (Lipinski definition) is 0. The molecule has 1 aliphatic heterocycles. The predicted octanol–water partition coefficient (Wildman–Crippen LogP) is 10.2. The van der Waals surface area contributed by atoms with Crippen molar-refractivity contribution in [3.63, 3.8) is 0 Å². The zero-order valence-electron chi connectivity index (χ0n) is 24.6. The van der Waals surface area contributed by atoms with Crippen LogP contribution in [0, 0.1) is 0 Å². The van der Waals surface area contributed by atoms with Crippen LogP contribution in [-0.4, -0.2) is 4.57 Å². The van der Waals surface area contributed by atoms with Gasteiger partial charge in [0.25, 0.3) is 5.82 Å². The maximum absolute atomic E-state index is 2.61. The first-order chi connectivity index (χ1) is 20.8. The largest absolute Gasteiger partial charge is 0.294 e. The number of rotatable bonds is 5. The van der Waals surface area contributed by atoms with Gasteiger partial charge in [0.1, 0.15) is 24.6 Å². The van der Waals surface area contributed by atoms with E-state index in [1.807, 2.05) is 0 Å². The second kappa shape index (κ2) is 11.1. The number of nitrogens with zero attached hydrogens (tertiary/aromatic N) is 2. The first-order valence-electron chi connectivity index (χ1n) is 16.4. The highest BCUT2D eigenvalue weighted by atomic mass is 15.2. The summed E-state index contributed by atoms with van der Waals surface area (Å²) >= 11 is 0. The maximum Gasteiger partial charge on any atom is 0.294 e. The Hall–Kier alpha value is -3.91. The van der Waals surface area contributed by atoms with E-state index in [1.165, 1.54) is 109 Å². The summed E-state index contributed by atoms with van der Waals surface area (Å²) in [5.74, 6) is 2.60. The Labute approximate surface area is 250 Å². The average molecular weight is 550 g/mol. The molecule has 0 unspecified atom stereocenters. The van der Waals surface area contributed by atoms with Crippen molar-refractivity contribution in [2.45, 2.75) is 82.6 Å². The zero-order valence-corrected chi connectivity index (χ0v) is 24.6. The molecule has 2 saturated carbocycles. The topological polar surface area (TPSA) is 8.81 Å². The molecule has 210 valence electrons. The lowest BCUT2D eigenvalue weighted by Crippen LogP contribution is -2.30. The number of imidazole rings is 1. The van der Waals surface area contributed by atoms with Crippen LogP contribution in [0.1, 0.15) is 92.7 Å². The molecule has 0 radical (unpaired) electrons. The molecule has 0 amide bonds. The van der Waals surface area contributed by atoms with E-state index in [0.717, 1.165) is 6.54 Å². The third kappa shape index (κ3) is 4.62. The third-order valence-electron chi connectivity index (χ3n) is 10.3. The molecule has 4 aromatic carbocycles. The fraction of sp³-hybridized carbons (Fsp3) is 0.325. The summed E-state index contributed by atoms with van der Waals surface area (Å²) in [4.78, 5) is 0. The minimum absolute atomic E-state index is 0.624. The van der Waals surface area contributed by atoms with Gasteiger partial charge in [0.15, 0.2) is 0 Å². The summed E-state index contributed by atoms with van der Waals surface area (Å²) in [6, 6.07) is 34.3. The Morgan fingerprint density at radius 3 is 1.71 bits per heavy atom. The molecule has 0 N–H and O–H groups in total. The van der Waals surface area contributed by atoms with E-state index < -0.39 is 0 Å². The quantitative estimate of drug-likeness (QED) is 0.189. The van der Waals surface area contributed by atoms with Crippen LogP contribution in [0.4, 0.5) is 0 Å². The predicted molar refractivity (Wildman–Crippen MR) is 173 cm³/mol. The molecule has 2 nitrogen and oxygen atoms in total. The Balaban J connectivity index is 1.35. The molecule has 0 spiro atoms. The lowest BCUT2D eigenvalue weighted by atomic mass is 9.77. The van der Waals surface area contributed by atoms with Crippen molar-refractivity contribution >= 4 is 0 Å². The Kier molecular flexibility index (Phi) is 6.79. The highest BCUT2D eigenvalue weighted by molar-refractivity contribution is 5.75. The van der Waals surface area contributed by atoms with Gasteiger partial charge in [0.2, 0.25) is 0 Å². The van der Waals surface area contributed by atoms with E-state index in [4.69, 9.17) is 0 Å². The average Bonchev–Trinajstić information content (AvgIpc) is 3.65. The highest BCUT2D eigenvalue weighted by Crippen LogP contribution is 2.46. The van der Waals surface area contributed by atoms with Gasteiger partial charge in [-0.2, -0.15) is 4.57 Å². The number of benzene rings is 4. The van der Waals surface area contributed by atoms with Gasteiger partial charge in [-0.1, -0.05) is 111 Å². The SMILES string of the molecule is c1ccc(-c2ccc3c(c2)-c2n(-c4c(C5CCCCC5)cc(-c5ccccc5)cc4C4CCCCC4)cc[n+]2C3)cc1. The van der Waals surface area contributed by atoms with E-state index in [1.54, 1.807) is 11.1 Å². The summed E-state index contributed by atoms with van der Waals surface area (Å²) in [5.41, 5.74) is 12.8. The minimum atomic E-state index is 0.624. The van der Waals surface area contributed by atoms with Crippen LogP contribution < -0.4 is 4.57 Å². The summed E-state index contributed by atoms with van der Waals surface area (Å²) in [5, 5.41) is 0. The van der Waals surface area contributed by atoms with Crippen LogP contribution >= 0.6 is 0 Å². The van der Waals surface area contributed by atoms with Gasteiger partial charge in [0.05, 0.1) is 5.56 Å². The van der Waals surface area contributed by atoms with Crippen LogP contribution in [0.3, 0.4) is 0 Å². The van der Waals surface area contributed by atoms with Gasteiger partial charge in [-0.05, 0) is 78.0 Å². The van der Waals surface area contributed by atoms with Crippen molar-refractivity contribution in [1.82, 2.24) is 4.57 Å². The second-order valence-corrected chi connectivity index (χ2v) is 12.9. The van der Waals surface area contributed by atoms with Crippen LogP contribution in [0.25, 0.3) is 39.3 Å². The smallest absolute Gasteiger partial charge is 0.225 e. The van der Waals surface area contributed by atoms with Crippen molar-refractivity contribution in [1.29, 1.82) is 0 Å². The fourth-order valence-electron chi connectivity index (χ4n) is 8.14. The monoisotopic (exact) mass is 549 g/mol. The van der Waals surface area contributed by atoms with Crippen molar-refractivity contribution in [3.05, 3.63) is 120 Å². The summed E-state index contributed by atoms with van der Waals surface area (Å²) in [6.45, 7) is 0.951. The number of fused-ring (bicyclic) bond motifs is 3. The summed E-state index contributed by atoms with van der Waals surface area (Å²) < 4.78 is 5.10. The van der Waals surface area contributed by atoms with Gasteiger partial charge in [-0.25, -0.2) is 4.57 Å². The molecule has 5 aromatic rings. The molecule has 2 heteroatoms. The lowest BCUT2D eigenvalue weighted by Gasteiger charge is -2.29. The van der Waals surface area contributed by atoms with E-state index in [2.05, 4.69) is 113 Å². The number of hydrogen-bond acceptors (Lipinski definition) is 0. The van der Waals surface area contributed by atoms with Crippen molar-refractivity contribution in [2.75, 3.05) is 0 Å². The number of aromatic nitrogens is 2. The van der Waals surface area contributed by atoms with Crippen LogP contribution in [0.15, 0.2) is 103 Å². The van der Waals surface area contributed by atoms with Crippen LogP contribution in [0.5, 0.6) is 0 Å². The van der Waals surface area contributed by atoms with Crippen molar-refractivity contribution in [2.24, 2.45) is 0 Å². The molecule has 0 atom stereocenters. The molecular weight excluding hydrogens is 508 g/mol. The van der Waals surface area contributed by atoms with Gasteiger partial charge in [-0.15, -0.1) is 0 Å². The first kappa shape index (κ1) is 25.8. The van der Waals surface area contributed by atoms with Gasteiger partial charge in [-0.3, -0.25) is 0 Å². The van der Waals surface area contributed by atoms with Crippen molar-refractivity contribution in [3.8, 4) is 39.3 Å². The van der Waals surface area contributed by atoms with Gasteiger partial charge in [0, 0.05) is 16.7 Å². The van der Waals surface area contributed by atoms with E-state index in [0.29, 0.717) is 11.8 Å². The molecule has 1 aromatic heterocycles. The molecule has 0 bridgehead atoms. The third-order valence-corrected chi connectivity index (χ3v) is 10.3. The Morgan fingerprint density at radius 2 is 1.12 bits per heavy atom. The Bertz CT molecular complexity index is 1660. The normalized spacial score (nSPS) is 17.2. The molecule has 2 fully saturated rings. The van der Waals surface area contributed by atoms with E-state index in [-0.39, 0.29) is 0 Å². The minimum Gasteiger partial charge on any atom is -0.225 e. The van der Waals surface area contributed by atoms with Crippen molar-refractivity contribution < 1.29 is 4.57 Å². The fourth-order valence-corrected chi connectivity index (χ4v) is 8.14. The molecular formula is C40H41N2+. The van der Waals surface area contributed by atoms with E-state index in [9.17, 15) is 0 Å². The molecule has 2 aliphatic carbocycles. The highest BCUT2D eigenvalue weighted by Gasteiger charge is 2.35. The lowest BCUT2D eigenvalue weighted by molar-refractivity contribution is -0.671. The maximum atomic E-state index is 2.61. The molecule has 42 heavy (non-hydrogen) atoms. The molecule has 0 saturated heterocycles. The molecule has 2 heterocycles. The van der Waals surface area contributed by atoms with Gasteiger partial charge >= 0.3 is 0 Å². The summed E-state index contributed by atoms with van der Waals surface area (Å²) in [7, 11) is 0. The first-order valence-corrected chi connectivity index (χ1v) is 16.4. The Morgan fingerprint density at radius 1 is 0.548 bits per heavy atom.